The Morgan fingerprint density at radius 3 is 2.80 bits per heavy atom. The Morgan fingerprint density at radius 1 is 1.35 bits per heavy atom. The number of ether oxygens (including phenoxy) is 1. The Balaban J connectivity index is 1.97. The lowest BCUT2D eigenvalue weighted by Crippen LogP contribution is -2.32. The summed E-state index contributed by atoms with van der Waals surface area (Å²) in [6.45, 7) is 6.69. The third-order valence-corrected chi connectivity index (χ3v) is 3.51. The zero-order chi connectivity index (χ0) is 14.5. The molecule has 110 valence electrons. The molecule has 1 heterocycles. The van der Waals surface area contributed by atoms with Gasteiger partial charge in [0.2, 0.25) is 5.91 Å². The van der Waals surface area contributed by atoms with Gasteiger partial charge < -0.3 is 15.4 Å². The maximum absolute atomic E-state index is 11.7. The Hall–Kier alpha value is -1.55. The third-order valence-electron chi connectivity index (χ3n) is 3.51. The van der Waals surface area contributed by atoms with Crippen LogP contribution < -0.4 is 10.6 Å². The smallest absolute Gasteiger partial charge is 0.226 e. The molecule has 2 N–H and O–H groups in total. The number of benzene rings is 1. The van der Waals surface area contributed by atoms with E-state index in [1.165, 1.54) is 0 Å². The summed E-state index contributed by atoms with van der Waals surface area (Å²) < 4.78 is 5.55. The lowest BCUT2D eigenvalue weighted by molar-refractivity contribution is -0.118. The van der Waals surface area contributed by atoms with Crippen molar-refractivity contribution in [3.8, 4) is 0 Å². The van der Waals surface area contributed by atoms with Crippen LogP contribution in [0.5, 0.6) is 0 Å². The van der Waals surface area contributed by atoms with Crippen molar-refractivity contribution in [1.82, 2.24) is 0 Å². The van der Waals surface area contributed by atoms with Gasteiger partial charge in [-0.2, -0.15) is 0 Å². The second-order valence-corrected chi connectivity index (χ2v) is 5.77. The molecule has 0 spiro atoms. The van der Waals surface area contributed by atoms with Gasteiger partial charge in [-0.25, -0.2) is 0 Å². The normalized spacial score (nSPS) is 22.6. The van der Waals surface area contributed by atoms with E-state index in [4.69, 9.17) is 4.74 Å². The second kappa shape index (κ2) is 6.75. The molecular weight excluding hydrogens is 252 g/mol. The SMILES string of the molecule is CC1CC(Nc2cccc(NC(=O)C(C)C)c2)CCO1. The van der Waals surface area contributed by atoms with Crippen molar-refractivity contribution < 1.29 is 9.53 Å². The van der Waals surface area contributed by atoms with E-state index >= 15 is 0 Å². The van der Waals surface area contributed by atoms with Crippen molar-refractivity contribution in [3.05, 3.63) is 24.3 Å². The molecule has 1 aromatic rings. The molecule has 1 amide bonds. The second-order valence-electron chi connectivity index (χ2n) is 5.77. The summed E-state index contributed by atoms with van der Waals surface area (Å²) in [5, 5.41) is 6.45. The van der Waals surface area contributed by atoms with Gasteiger partial charge in [-0.3, -0.25) is 4.79 Å². The van der Waals surface area contributed by atoms with Crippen molar-refractivity contribution >= 4 is 17.3 Å². The summed E-state index contributed by atoms with van der Waals surface area (Å²) in [5.41, 5.74) is 1.89. The highest BCUT2D eigenvalue weighted by molar-refractivity contribution is 5.92. The molecular formula is C16H24N2O2. The fraction of sp³-hybridized carbons (Fsp3) is 0.562. The maximum Gasteiger partial charge on any atom is 0.226 e. The summed E-state index contributed by atoms with van der Waals surface area (Å²) in [6.07, 6.45) is 2.35. The first-order valence-corrected chi connectivity index (χ1v) is 7.33. The molecule has 0 radical (unpaired) electrons. The zero-order valence-electron chi connectivity index (χ0n) is 12.5. The molecule has 2 rings (SSSR count). The van der Waals surface area contributed by atoms with Crippen LogP contribution in [0.15, 0.2) is 24.3 Å². The number of rotatable bonds is 4. The fourth-order valence-electron chi connectivity index (χ4n) is 2.34. The summed E-state index contributed by atoms with van der Waals surface area (Å²) >= 11 is 0. The molecule has 1 aromatic carbocycles. The Labute approximate surface area is 120 Å². The van der Waals surface area contributed by atoms with Crippen LogP contribution in [0.25, 0.3) is 0 Å². The van der Waals surface area contributed by atoms with Crippen LogP contribution in [-0.2, 0) is 9.53 Å². The maximum atomic E-state index is 11.7. The highest BCUT2D eigenvalue weighted by Crippen LogP contribution is 2.21. The van der Waals surface area contributed by atoms with Crippen molar-refractivity contribution in [2.75, 3.05) is 17.2 Å². The van der Waals surface area contributed by atoms with Gasteiger partial charge >= 0.3 is 0 Å². The minimum Gasteiger partial charge on any atom is -0.382 e. The van der Waals surface area contributed by atoms with E-state index in [-0.39, 0.29) is 11.8 Å². The van der Waals surface area contributed by atoms with Crippen LogP contribution in [0, 0.1) is 5.92 Å². The molecule has 20 heavy (non-hydrogen) atoms. The number of carbonyl (C=O) groups is 1. The molecule has 4 nitrogen and oxygen atoms in total. The Kier molecular flexibility index (Phi) is 5.01. The fourth-order valence-corrected chi connectivity index (χ4v) is 2.34. The first kappa shape index (κ1) is 14.9. The topological polar surface area (TPSA) is 50.4 Å². The average Bonchev–Trinajstić information content (AvgIpc) is 2.39. The highest BCUT2D eigenvalue weighted by Gasteiger charge is 2.19. The Bertz CT molecular complexity index is 460. The lowest BCUT2D eigenvalue weighted by Gasteiger charge is -2.28. The molecule has 1 saturated heterocycles. The van der Waals surface area contributed by atoms with Gasteiger partial charge in [-0.1, -0.05) is 19.9 Å². The largest absolute Gasteiger partial charge is 0.382 e. The summed E-state index contributed by atoms with van der Waals surface area (Å²) in [5.74, 6) is 0.0322. The predicted molar refractivity (Wildman–Crippen MR) is 82.0 cm³/mol. The van der Waals surface area contributed by atoms with Gasteiger partial charge in [0.15, 0.2) is 0 Å². The van der Waals surface area contributed by atoms with Crippen LogP contribution in [0.4, 0.5) is 11.4 Å². The summed E-state index contributed by atoms with van der Waals surface area (Å²) in [7, 11) is 0. The minimum absolute atomic E-state index is 0.0111. The van der Waals surface area contributed by atoms with Crippen LogP contribution in [-0.4, -0.2) is 24.7 Å². The average molecular weight is 276 g/mol. The van der Waals surface area contributed by atoms with Crippen molar-refractivity contribution in [1.29, 1.82) is 0 Å². The molecule has 1 aliphatic heterocycles. The van der Waals surface area contributed by atoms with E-state index in [9.17, 15) is 4.79 Å². The molecule has 4 heteroatoms. The molecule has 2 unspecified atom stereocenters. The molecule has 0 aromatic heterocycles. The minimum atomic E-state index is -0.0111. The van der Waals surface area contributed by atoms with Crippen LogP contribution in [0.2, 0.25) is 0 Å². The zero-order valence-corrected chi connectivity index (χ0v) is 12.5. The Morgan fingerprint density at radius 2 is 2.10 bits per heavy atom. The molecule has 0 bridgehead atoms. The molecule has 0 saturated carbocycles. The number of nitrogens with one attached hydrogen (secondary N) is 2. The van der Waals surface area contributed by atoms with E-state index in [2.05, 4.69) is 17.6 Å². The first-order chi connectivity index (χ1) is 9.54. The van der Waals surface area contributed by atoms with Crippen LogP contribution in [0.3, 0.4) is 0 Å². The van der Waals surface area contributed by atoms with Crippen LogP contribution >= 0.6 is 0 Å². The van der Waals surface area contributed by atoms with E-state index in [0.29, 0.717) is 12.1 Å². The van der Waals surface area contributed by atoms with E-state index < -0.39 is 0 Å². The number of anilines is 2. The predicted octanol–water partition coefficient (Wildman–Crippen LogP) is 3.26. The quantitative estimate of drug-likeness (QED) is 0.887. The van der Waals surface area contributed by atoms with E-state index in [1.54, 1.807) is 0 Å². The first-order valence-electron chi connectivity index (χ1n) is 7.33. The third kappa shape index (κ3) is 4.23. The summed E-state index contributed by atoms with van der Waals surface area (Å²) in [4.78, 5) is 11.7. The van der Waals surface area contributed by atoms with Gasteiger partial charge in [0.25, 0.3) is 0 Å². The van der Waals surface area contributed by atoms with Gasteiger partial charge in [-0.15, -0.1) is 0 Å². The highest BCUT2D eigenvalue weighted by atomic mass is 16.5. The standard InChI is InChI=1S/C16H24N2O2/c1-11(2)16(19)18-14-6-4-5-13(10-14)17-15-7-8-20-12(3)9-15/h4-6,10-12,15,17H,7-9H2,1-3H3,(H,18,19). The number of hydrogen-bond donors (Lipinski definition) is 2. The van der Waals surface area contributed by atoms with E-state index in [0.717, 1.165) is 30.8 Å². The number of amides is 1. The molecule has 2 atom stereocenters. The molecule has 0 aliphatic carbocycles. The van der Waals surface area contributed by atoms with Crippen molar-refractivity contribution in [3.63, 3.8) is 0 Å². The molecule has 1 fully saturated rings. The lowest BCUT2D eigenvalue weighted by atomic mass is 10.0. The van der Waals surface area contributed by atoms with Crippen LogP contribution in [0.1, 0.15) is 33.6 Å². The number of carbonyl (C=O) groups excluding carboxylic acids is 1. The van der Waals surface area contributed by atoms with Gasteiger partial charge in [0.1, 0.15) is 0 Å². The van der Waals surface area contributed by atoms with E-state index in [1.807, 2.05) is 38.1 Å². The van der Waals surface area contributed by atoms with Gasteiger partial charge in [0.05, 0.1) is 6.10 Å². The van der Waals surface area contributed by atoms with Crippen molar-refractivity contribution in [2.24, 2.45) is 5.92 Å². The number of hydrogen-bond acceptors (Lipinski definition) is 3. The van der Waals surface area contributed by atoms with Gasteiger partial charge in [-0.05, 0) is 38.0 Å². The monoisotopic (exact) mass is 276 g/mol. The summed E-state index contributed by atoms with van der Waals surface area (Å²) in [6, 6.07) is 8.33. The van der Waals surface area contributed by atoms with Crippen molar-refractivity contribution in [2.45, 2.75) is 45.8 Å². The molecule has 1 aliphatic rings. The van der Waals surface area contributed by atoms with Gasteiger partial charge in [0, 0.05) is 29.9 Å².